The summed E-state index contributed by atoms with van der Waals surface area (Å²) in [6.07, 6.45) is 6.10. The average molecular weight is 392 g/mol. The van der Waals surface area contributed by atoms with Crippen LogP contribution in [-0.2, 0) is 16.0 Å². The summed E-state index contributed by atoms with van der Waals surface area (Å²) in [6, 6.07) is 5.71. The number of carbonyl (C=O) groups is 1. The third-order valence-electron chi connectivity index (χ3n) is 5.70. The molecule has 1 aromatic carbocycles. The number of amides is 1. The molecule has 150 valence electrons. The van der Waals surface area contributed by atoms with Crippen LogP contribution in [0.25, 0.3) is 0 Å². The number of hydrogen-bond donors (Lipinski definition) is 1. The topological polar surface area (TPSA) is 78.3 Å². The van der Waals surface area contributed by atoms with Crippen LogP contribution >= 0.6 is 0 Å². The summed E-state index contributed by atoms with van der Waals surface area (Å²) in [6.45, 7) is 3.85. The highest BCUT2D eigenvalue weighted by Crippen LogP contribution is 2.48. The van der Waals surface area contributed by atoms with E-state index in [4.69, 9.17) is 9.47 Å². The van der Waals surface area contributed by atoms with Gasteiger partial charge in [0.2, 0.25) is 0 Å². The van der Waals surface area contributed by atoms with E-state index in [0.29, 0.717) is 23.8 Å². The SMILES string of the molecule is Cc1ccc(C#CC2CC2)cc1C(=O)Nc1cn(CC2OCC3(CC3)CO2)nn1. The Bertz CT molecular complexity index is 985. The van der Waals surface area contributed by atoms with Crippen LogP contribution in [0.2, 0.25) is 0 Å². The van der Waals surface area contributed by atoms with Crippen molar-refractivity contribution in [3.63, 3.8) is 0 Å². The molecule has 2 aromatic rings. The van der Waals surface area contributed by atoms with E-state index in [0.717, 1.165) is 24.3 Å². The number of ether oxygens (including phenoxy) is 2. The molecular formula is C22H24N4O3. The number of aryl methyl sites for hydroxylation is 1. The van der Waals surface area contributed by atoms with E-state index in [1.807, 2.05) is 25.1 Å². The number of hydrogen-bond acceptors (Lipinski definition) is 5. The van der Waals surface area contributed by atoms with Gasteiger partial charge < -0.3 is 14.8 Å². The minimum Gasteiger partial charge on any atom is -0.350 e. The van der Waals surface area contributed by atoms with Crippen LogP contribution in [0.5, 0.6) is 0 Å². The molecule has 1 amide bonds. The monoisotopic (exact) mass is 392 g/mol. The Morgan fingerprint density at radius 2 is 2.10 bits per heavy atom. The first-order valence-electron chi connectivity index (χ1n) is 10.2. The highest BCUT2D eigenvalue weighted by atomic mass is 16.7. The van der Waals surface area contributed by atoms with Gasteiger partial charge in [0.25, 0.3) is 5.91 Å². The molecule has 1 aliphatic heterocycles. The zero-order valence-corrected chi connectivity index (χ0v) is 16.5. The third kappa shape index (κ3) is 4.34. The summed E-state index contributed by atoms with van der Waals surface area (Å²) in [5.41, 5.74) is 2.62. The van der Waals surface area contributed by atoms with Crippen molar-refractivity contribution in [1.29, 1.82) is 0 Å². The van der Waals surface area contributed by atoms with Crippen molar-refractivity contribution in [1.82, 2.24) is 15.0 Å². The maximum Gasteiger partial charge on any atom is 0.257 e. The Balaban J connectivity index is 1.21. The summed E-state index contributed by atoms with van der Waals surface area (Å²) in [7, 11) is 0. The van der Waals surface area contributed by atoms with Gasteiger partial charge >= 0.3 is 0 Å². The second kappa shape index (κ2) is 7.29. The van der Waals surface area contributed by atoms with Crippen LogP contribution in [0.15, 0.2) is 24.4 Å². The predicted molar refractivity (Wildman–Crippen MR) is 106 cm³/mol. The van der Waals surface area contributed by atoms with E-state index in [-0.39, 0.29) is 17.6 Å². The minimum atomic E-state index is -0.324. The van der Waals surface area contributed by atoms with Crippen molar-refractivity contribution < 1.29 is 14.3 Å². The van der Waals surface area contributed by atoms with Gasteiger partial charge in [-0.05, 0) is 50.3 Å². The zero-order valence-electron chi connectivity index (χ0n) is 16.5. The highest BCUT2D eigenvalue weighted by Gasteiger charge is 2.46. The Morgan fingerprint density at radius 1 is 1.31 bits per heavy atom. The highest BCUT2D eigenvalue weighted by molar-refractivity contribution is 6.04. The molecule has 7 heteroatoms. The fraction of sp³-hybridized carbons (Fsp3) is 0.500. The lowest BCUT2D eigenvalue weighted by Crippen LogP contribution is -2.36. The van der Waals surface area contributed by atoms with Crippen LogP contribution in [-0.4, -0.2) is 40.4 Å². The maximum atomic E-state index is 12.7. The maximum absolute atomic E-state index is 12.7. The second-order valence-electron chi connectivity index (χ2n) is 8.40. The lowest BCUT2D eigenvalue weighted by Gasteiger charge is -2.29. The van der Waals surface area contributed by atoms with Gasteiger partial charge in [-0.2, -0.15) is 0 Å². The number of rotatable bonds is 4. The third-order valence-corrected chi connectivity index (χ3v) is 5.70. The van der Waals surface area contributed by atoms with Gasteiger partial charge in [0, 0.05) is 22.5 Å². The van der Waals surface area contributed by atoms with E-state index in [1.165, 1.54) is 25.7 Å². The van der Waals surface area contributed by atoms with Gasteiger partial charge in [-0.1, -0.05) is 23.1 Å². The summed E-state index contributed by atoms with van der Waals surface area (Å²) in [5.74, 6) is 7.10. The Kier molecular flexibility index (Phi) is 4.61. The van der Waals surface area contributed by atoms with Crippen molar-refractivity contribution in [3.8, 4) is 11.8 Å². The van der Waals surface area contributed by atoms with Crippen LogP contribution < -0.4 is 5.32 Å². The number of nitrogens with one attached hydrogen (secondary N) is 1. The van der Waals surface area contributed by atoms with Gasteiger partial charge in [-0.15, -0.1) is 5.10 Å². The first-order valence-corrected chi connectivity index (χ1v) is 10.2. The first-order chi connectivity index (χ1) is 14.1. The molecule has 0 atom stereocenters. The first kappa shape index (κ1) is 18.3. The molecule has 3 fully saturated rings. The van der Waals surface area contributed by atoms with E-state index >= 15 is 0 Å². The predicted octanol–water partition coefficient (Wildman–Crippen LogP) is 2.75. The quantitative estimate of drug-likeness (QED) is 0.810. The van der Waals surface area contributed by atoms with Crippen molar-refractivity contribution >= 4 is 11.7 Å². The van der Waals surface area contributed by atoms with Gasteiger partial charge in [-0.3, -0.25) is 4.79 Å². The molecule has 3 aliphatic rings. The fourth-order valence-electron chi connectivity index (χ4n) is 3.34. The van der Waals surface area contributed by atoms with Crippen LogP contribution in [0.1, 0.15) is 47.2 Å². The van der Waals surface area contributed by atoms with E-state index < -0.39 is 0 Å². The molecule has 0 radical (unpaired) electrons. The summed E-state index contributed by atoms with van der Waals surface area (Å²) < 4.78 is 13.2. The van der Waals surface area contributed by atoms with Crippen LogP contribution in [0.3, 0.4) is 0 Å². The number of aromatic nitrogens is 3. The second-order valence-corrected chi connectivity index (χ2v) is 8.40. The molecule has 1 saturated heterocycles. The van der Waals surface area contributed by atoms with Crippen molar-refractivity contribution in [2.24, 2.45) is 11.3 Å². The van der Waals surface area contributed by atoms with Gasteiger partial charge in [0.05, 0.1) is 26.0 Å². The van der Waals surface area contributed by atoms with E-state index in [1.54, 1.807) is 10.9 Å². The molecule has 0 unspecified atom stereocenters. The minimum absolute atomic E-state index is 0.217. The average Bonchev–Trinajstić information content (AvgIpc) is 3.64. The molecule has 5 rings (SSSR count). The van der Waals surface area contributed by atoms with Crippen molar-refractivity contribution in [2.75, 3.05) is 18.5 Å². The number of benzene rings is 1. The lowest BCUT2D eigenvalue weighted by atomic mass is 10.0. The standard InChI is InChI=1S/C22H24N4O3/c1-15-2-3-17(7-6-16-4-5-16)10-18(15)21(27)23-19-11-26(25-24-19)12-20-28-13-22(8-9-22)14-29-20/h2-3,10-11,16,20H,4-5,8-9,12-14H2,1H3,(H,23,27). The lowest BCUT2D eigenvalue weighted by molar-refractivity contribution is -0.213. The summed E-state index contributed by atoms with van der Waals surface area (Å²) in [4.78, 5) is 12.7. The number of nitrogens with zero attached hydrogens (tertiary/aromatic N) is 3. The van der Waals surface area contributed by atoms with Gasteiger partial charge in [-0.25, -0.2) is 4.68 Å². The Hall–Kier alpha value is -2.69. The molecule has 1 spiro atoms. The van der Waals surface area contributed by atoms with Crippen molar-refractivity contribution in [3.05, 3.63) is 41.1 Å². The molecule has 2 aliphatic carbocycles. The molecule has 1 N–H and O–H groups in total. The van der Waals surface area contributed by atoms with Crippen LogP contribution in [0, 0.1) is 30.1 Å². The fourth-order valence-corrected chi connectivity index (χ4v) is 3.34. The smallest absolute Gasteiger partial charge is 0.257 e. The largest absolute Gasteiger partial charge is 0.350 e. The van der Waals surface area contributed by atoms with Crippen molar-refractivity contribution in [2.45, 2.75) is 45.4 Å². The molecular weight excluding hydrogens is 368 g/mol. The number of carbonyl (C=O) groups excluding carboxylic acids is 1. The molecule has 0 bridgehead atoms. The molecule has 2 heterocycles. The normalized spacial score (nSPS) is 20.2. The van der Waals surface area contributed by atoms with Gasteiger partial charge in [0.15, 0.2) is 12.1 Å². The van der Waals surface area contributed by atoms with Gasteiger partial charge in [0.1, 0.15) is 0 Å². The Labute approximate surface area is 169 Å². The molecule has 7 nitrogen and oxygen atoms in total. The van der Waals surface area contributed by atoms with E-state index in [2.05, 4.69) is 27.5 Å². The summed E-state index contributed by atoms with van der Waals surface area (Å²) >= 11 is 0. The Morgan fingerprint density at radius 3 is 2.83 bits per heavy atom. The number of anilines is 1. The molecule has 29 heavy (non-hydrogen) atoms. The summed E-state index contributed by atoms with van der Waals surface area (Å²) in [5, 5.41) is 10.9. The zero-order chi connectivity index (χ0) is 19.8. The van der Waals surface area contributed by atoms with E-state index in [9.17, 15) is 4.79 Å². The molecule has 2 saturated carbocycles. The molecule has 1 aromatic heterocycles. The van der Waals surface area contributed by atoms with Crippen LogP contribution in [0.4, 0.5) is 5.82 Å².